The van der Waals surface area contributed by atoms with Crippen LogP contribution in [0.2, 0.25) is 0 Å². The molecule has 2 aromatic rings. The third-order valence-electron chi connectivity index (χ3n) is 3.78. The Morgan fingerprint density at radius 2 is 1.61 bits per heavy atom. The van der Waals surface area contributed by atoms with Crippen LogP contribution < -0.4 is 25.4 Å². The molecule has 0 heterocycles. The van der Waals surface area contributed by atoms with Gasteiger partial charge in [0.05, 0.1) is 19.8 Å². The molecule has 2 aromatic carbocycles. The minimum Gasteiger partial charge on any atom is -0.497 e. The number of anilines is 2. The Morgan fingerprint density at radius 3 is 2.18 bits per heavy atom. The van der Waals surface area contributed by atoms with Crippen molar-refractivity contribution in [3.63, 3.8) is 0 Å². The minimum absolute atomic E-state index is 0.0283. The van der Waals surface area contributed by atoms with E-state index in [1.165, 1.54) is 14.2 Å². The highest BCUT2D eigenvalue weighted by Gasteiger charge is 2.14. The van der Waals surface area contributed by atoms with Crippen molar-refractivity contribution in [1.29, 1.82) is 0 Å². The molecule has 3 N–H and O–H groups in total. The average Bonchev–Trinajstić information content (AvgIpc) is 2.69. The van der Waals surface area contributed by atoms with Crippen LogP contribution in [0.25, 0.3) is 0 Å². The predicted octanol–water partition coefficient (Wildman–Crippen LogP) is 3.57. The van der Waals surface area contributed by atoms with E-state index in [-0.39, 0.29) is 11.0 Å². The number of methoxy groups -OCH3 is 2. The third kappa shape index (κ3) is 5.95. The van der Waals surface area contributed by atoms with Crippen molar-refractivity contribution in [1.82, 2.24) is 5.32 Å². The monoisotopic (exact) mass is 401 g/mol. The first-order valence-corrected chi connectivity index (χ1v) is 9.12. The van der Waals surface area contributed by atoms with Crippen molar-refractivity contribution in [2.45, 2.75) is 19.8 Å². The molecule has 2 amide bonds. The Kier molecular flexibility index (Phi) is 7.76. The van der Waals surface area contributed by atoms with Crippen molar-refractivity contribution in [2.24, 2.45) is 0 Å². The van der Waals surface area contributed by atoms with Gasteiger partial charge in [0.15, 0.2) is 5.11 Å². The van der Waals surface area contributed by atoms with Gasteiger partial charge in [0.2, 0.25) is 5.91 Å². The van der Waals surface area contributed by atoms with Crippen LogP contribution in [0.15, 0.2) is 42.5 Å². The topological polar surface area (TPSA) is 88.7 Å². The lowest BCUT2D eigenvalue weighted by atomic mass is 10.2. The molecule has 8 heteroatoms. The maximum absolute atomic E-state index is 12.5. The van der Waals surface area contributed by atoms with E-state index in [4.69, 9.17) is 21.7 Å². The van der Waals surface area contributed by atoms with Gasteiger partial charge in [-0.1, -0.05) is 6.92 Å². The van der Waals surface area contributed by atoms with Crippen LogP contribution in [0.5, 0.6) is 11.5 Å². The number of hydrogen-bond donors (Lipinski definition) is 3. The standard InChI is InChI=1S/C20H23N3O4S/c1-4-5-18(24)21-13-6-8-14(9-7-13)22-20(28)23-19(25)16-11-10-15(26-2)12-17(16)27-3/h6-12H,4-5H2,1-3H3,(H,21,24)(H2,22,23,25,28). The second kappa shape index (κ2) is 10.3. The van der Waals surface area contributed by atoms with Gasteiger partial charge in [0.25, 0.3) is 5.91 Å². The lowest BCUT2D eigenvalue weighted by Crippen LogP contribution is -2.34. The zero-order chi connectivity index (χ0) is 20.5. The number of benzene rings is 2. The van der Waals surface area contributed by atoms with Crippen LogP contribution in [0, 0.1) is 0 Å². The molecule has 0 aliphatic rings. The van der Waals surface area contributed by atoms with Crippen LogP contribution in [-0.4, -0.2) is 31.1 Å². The van der Waals surface area contributed by atoms with E-state index in [9.17, 15) is 9.59 Å². The van der Waals surface area contributed by atoms with Gasteiger partial charge in [-0.15, -0.1) is 0 Å². The van der Waals surface area contributed by atoms with Crippen LogP contribution in [-0.2, 0) is 4.79 Å². The van der Waals surface area contributed by atoms with Gasteiger partial charge in [-0.05, 0) is 55.0 Å². The Bertz CT molecular complexity index is 853. The molecule has 0 radical (unpaired) electrons. The molecule has 2 rings (SSSR count). The number of amides is 2. The highest BCUT2D eigenvalue weighted by molar-refractivity contribution is 7.80. The SMILES string of the molecule is CCCC(=O)Nc1ccc(NC(=S)NC(=O)c2ccc(OC)cc2OC)cc1. The summed E-state index contributed by atoms with van der Waals surface area (Å²) in [5.74, 6) is 0.534. The highest BCUT2D eigenvalue weighted by atomic mass is 32.1. The fourth-order valence-electron chi connectivity index (χ4n) is 2.41. The predicted molar refractivity (Wildman–Crippen MR) is 113 cm³/mol. The number of thiocarbonyl (C=S) groups is 1. The van der Waals surface area contributed by atoms with Gasteiger partial charge >= 0.3 is 0 Å². The zero-order valence-corrected chi connectivity index (χ0v) is 16.8. The van der Waals surface area contributed by atoms with E-state index in [0.717, 1.165) is 6.42 Å². The third-order valence-corrected chi connectivity index (χ3v) is 3.99. The normalized spacial score (nSPS) is 9.96. The first kappa shape index (κ1) is 21.2. The molecule has 0 unspecified atom stereocenters. The molecular weight excluding hydrogens is 378 g/mol. The number of rotatable bonds is 7. The first-order valence-electron chi connectivity index (χ1n) is 8.71. The fourth-order valence-corrected chi connectivity index (χ4v) is 2.62. The molecular formula is C20H23N3O4S. The Morgan fingerprint density at radius 1 is 0.964 bits per heavy atom. The molecule has 0 aliphatic carbocycles. The van der Waals surface area contributed by atoms with Gasteiger partial charge in [-0.25, -0.2) is 0 Å². The fraction of sp³-hybridized carbons (Fsp3) is 0.250. The van der Waals surface area contributed by atoms with Gasteiger partial charge in [-0.2, -0.15) is 0 Å². The summed E-state index contributed by atoms with van der Waals surface area (Å²) in [5, 5.41) is 8.49. The Hall–Kier alpha value is -3.13. The molecule has 0 aromatic heterocycles. The van der Waals surface area contributed by atoms with Gasteiger partial charge in [0.1, 0.15) is 11.5 Å². The summed E-state index contributed by atoms with van der Waals surface area (Å²) in [5.41, 5.74) is 1.71. The summed E-state index contributed by atoms with van der Waals surface area (Å²) in [6.07, 6.45) is 1.27. The molecule has 0 saturated carbocycles. The highest BCUT2D eigenvalue weighted by Crippen LogP contribution is 2.24. The summed E-state index contributed by atoms with van der Waals surface area (Å²) in [7, 11) is 3.01. The summed E-state index contributed by atoms with van der Waals surface area (Å²) in [6, 6.07) is 11.9. The summed E-state index contributed by atoms with van der Waals surface area (Å²) in [6.45, 7) is 1.95. The molecule has 0 atom stereocenters. The van der Waals surface area contributed by atoms with Crippen molar-refractivity contribution < 1.29 is 19.1 Å². The van der Waals surface area contributed by atoms with Gasteiger partial charge in [-0.3, -0.25) is 14.9 Å². The molecule has 0 saturated heterocycles. The second-order valence-electron chi connectivity index (χ2n) is 5.85. The smallest absolute Gasteiger partial charge is 0.261 e. The summed E-state index contributed by atoms with van der Waals surface area (Å²) >= 11 is 5.20. The summed E-state index contributed by atoms with van der Waals surface area (Å²) < 4.78 is 10.4. The van der Waals surface area contributed by atoms with E-state index >= 15 is 0 Å². The average molecular weight is 401 g/mol. The molecule has 28 heavy (non-hydrogen) atoms. The van der Waals surface area contributed by atoms with Gasteiger partial charge < -0.3 is 20.1 Å². The van der Waals surface area contributed by atoms with Crippen molar-refractivity contribution >= 4 is 40.5 Å². The van der Waals surface area contributed by atoms with Crippen LogP contribution in [0.3, 0.4) is 0 Å². The number of carbonyl (C=O) groups excluding carboxylic acids is 2. The number of ether oxygens (including phenoxy) is 2. The van der Waals surface area contributed by atoms with Crippen molar-refractivity contribution in [3.05, 3.63) is 48.0 Å². The van der Waals surface area contributed by atoms with E-state index in [1.54, 1.807) is 42.5 Å². The number of nitrogens with one attached hydrogen (secondary N) is 3. The van der Waals surface area contributed by atoms with E-state index in [0.29, 0.717) is 34.9 Å². The first-order chi connectivity index (χ1) is 13.5. The van der Waals surface area contributed by atoms with Crippen LogP contribution in [0.1, 0.15) is 30.1 Å². The van der Waals surface area contributed by atoms with E-state index in [2.05, 4.69) is 16.0 Å². The molecule has 7 nitrogen and oxygen atoms in total. The molecule has 0 fully saturated rings. The molecule has 0 bridgehead atoms. The van der Waals surface area contributed by atoms with Crippen molar-refractivity contribution in [3.8, 4) is 11.5 Å². The lowest BCUT2D eigenvalue weighted by molar-refractivity contribution is -0.116. The van der Waals surface area contributed by atoms with E-state index in [1.807, 2.05) is 6.92 Å². The number of hydrogen-bond acceptors (Lipinski definition) is 5. The van der Waals surface area contributed by atoms with Crippen molar-refractivity contribution in [2.75, 3.05) is 24.9 Å². The second-order valence-corrected chi connectivity index (χ2v) is 6.26. The maximum Gasteiger partial charge on any atom is 0.261 e. The summed E-state index contributed by atoms with van der Waals surface area (Å²) in [4.78, 5) is 24.1. The minimum atomic E-state index is -0.402. The number of carbonyl (C=O) groups is 2. The quantitative estimate of drug-likeness (QED) is 0.615. The molecule has 0 spiro atoms. The Balaban J connectivity index is 1.96. The van der Waals surface area contributed by atoms with Crippen LogP contribution >= 0.6 is 12.2 Å². The van der Waals surface area contributed by atoms with Crippen LogP contribution in [0.4, 0.5) is 11.4 Å². The van der Waals surface area contributed by atoms with E-state index < -0.39 is 5.91 Å². The largest absolute Gasteiger partial charge is 0.497 e. The maximum atomic E-state index is 12.5. The lowest BCUT2D eigenvalue weighted by Gasteiger charge is -2.13. The Labute approximate surface area is 169 Å². The molecule has 148 valence electrons. The zero-order valence-electron chi connectivity index (χ0n) is 16.0. The molecule has 0 aliphatic heterocycles. The van der Waals surface area contributed by atoms with Gasteiger partial charge in [0, 0.05) is 23.9 Å².